The van der Waals surface area contributed by atoms with E-state index in [4.69, 9.17) is 0 Å². The number of hydrogen-bond acceptors (Lipinski definition) is 3. The number of rotatable bonds is 2. The minimum Gasteiger partial charge on any atom is -0.273 e. The number of thioether (sulfide) groups is 1. The Morgan fingerprint density at radius 1 is 1.09 bits per heavy atom. The number of para-hydroxylation sites is 1. The molecule has 2 aromatic carbocycles. The van der Waals surface area contributed by atoms with E-state index >= 15 is 0 Å². The number of aliphatic imine (C=N–C) groups is 1. The van der Waals surface area contributed by atoms with Crippen LogP contribution in [-0.2, 0) is 4.79 Å². The van der Waals surface area contributed by atoms with E-state index in [9.17, 15) is 9.59 Å². The van der Waals surface area contributed by atoms with Crippen molar-refractivity contribution in [1.29, 1.82) is 0 Å². The van der Waals surface area contributed by atoms with Gasteiger partial charge in [-0.15, -0.1) is 0 Å². The van der Waals surface area contributed by atoms with Gasteiger partial charge in [-0.25, -0.2) is 0 Å². The minimum absolute atomic E-state index is 0.0708. The van der Waals surface area contributed by atoms with E-state index in [1.807, 2.05) is 30.3 Å². The van der Waals surface area contributed by atoms with Crippen LogP contribution >= 0.6 is 27.7 Å². The SMILES string of the molecule is O=C(N=C1SCC(=O)N1c1ccccc1)c1ccc(Br)cc1. The lowest BCUT2D eigenvalue weighted by molar-refractivity contribution is -0.115. The Kier molecular flexibility index (Phi) is 4.40. The summed E-state index contributed by atoms with van der Waals surface area (Å²) in [5.41, 5.74) is 1.21. The Hall–Kier alpha value is -1.92. The molecule has 0 aromatic heterocycles. The highest BCUT2D eigenvalue weighted by Crippen LogP contribution is 2.26. The lowest BCUT2D eigenvalue weighted by atomic mass is 10.2. The Balaban J connectivity index is 1.90. The van der Waals surface area contributed by atoms with Crippen molar-refractivity contribution in [3.8, 4) is 0 Å². The number of amidine groups is 1. The molecule has 1 saturated heterocycles. The van der Waals surface area contributed by atoms with Gasteiger partial charge in [-0.3, -0.25) is 14.5 Å². The molecule has 6 heteroatoms. The lowest BCUT2D eigenvalue weighted by Crippen LogP contribution is -2.29. The Labute approximate surface area is 140 Å². The number of anilines is 1. The Morgan fingerprint density at radius 2 is 1.77 bits per heavy atom. The quantitative estimate of drug-likeness (QED) is 0.804. The number of benzene rings is 2. The molecule has 2 amide bonds. The molecule has 110 valence electrons. The van der Waals surface area contributed by atoms with Crippen molar-refractivity contribution < 1.29 is 9.59 Å². The normalized spacial score (nSPS) is 16.3. The molecular formula is C16H11BrN2O2S. The van der Waals surface area contributed by atoms with E-state index < -0.39 is 0 Å². The maximum Gasteiger partial charge on any atom is 0.279 e. The second-order valence-corrected chi connectivity index (χ2v) is 6.42. The monoisotopic (exact) mass is 374 g/mol. The highest BCUT2D eigenvalue weighted by Gasteiger charge is 2.30. The minimum atomic E-state index is -0.356. The third kappa shape index (κ3) is 3.13. The van der Waals surface area contributed by atoms with Gasteiger partial charge >= 0.3 is 0 Å². The summed E-state index contributed by atoms with van der Waals surface area (Å²) in [5.74, 6) is -0.134. The zero-order chi connectivity index (χ0) is 15.5. The number of hydrogen-bond donors (Lipinski definition) is 0. The van der Waals surface area contributed by atoms with E-state index in [-0.39, 0.29) is 11.8 Å². The third-order valence-corrected chi connectivity index (χ3v) is 4.52. The molecule has 0 atom stereocenters. The van der Waals surface area contributed by atoms with E-state index in [0.717, 1.165) is 10.2 Å². The van der Waals surface area contributed by atoms with Gasteiger partial charge in [-0.1, -0.05) is 45.9 Å². The largest absolute Gasteiger partial charge is 0.279 e. The summed E-state index contributed by atoms with van der Waals surface area (Å²) in [6.07, 6.45) is 0. The van der Waals surface area contributed by atoms with Crippen LogP contribution in [0.1, 0.15) is 10.4 Å². The molecule has 1 heterocycles. The lowest BCUT2D eigenvalue weighted by Gasteiger charge is -2.15. The van der Waals surface area contributed by atoms with Gasteiger partial charge in [0.2, 0.25) is 5.91 Å². The van der Waals surface area contributed by atoms with Crippen LogP contribution < -0.4 is 4.90 Å². The van der Waals surface area contributed by atoms with Crippen LogP contribution in [-0.4, -0.2) is 22.7 Å². The average Bonchev–Trinajstić information content (AvgIpc) is 2.89. The first kappa shape index (κ1) is 15.0. The molecule has 0 bridgehead atoms. The van der Waals surface area contributed by atoms with Gasteiger partial charge < -0.3 is 0 Å². The molecule has 0 N–H and O–H groups in total. The van der Waals surface area contributed by atoms with Crippen molar-refractivity contribution in [3.05, 3.63) is 64.6 Å². The summed E-state index contributed by atoms with van der Waals surface area (Å²) in [6, 6.07) is 16.2. The highest BCUT2D eigenvalue weighted by molar-refractivity contribution is 9.10. The molecule has 0 saturated carbocycles. The molecule has 0 aliphatic carbocycles. The van der Waals surface area contributed by atoms with Crippen LogP contribution in [0, 0.1) is 0 Å². The fraction of sp³-hybridized carbons (Fsp3) is 0.0625. The highest BCUT2D eigenvalue weighted by atomic mass is 79.9. The van der Waals surface area contributed by atoms with Gasteiger partial charge in [0.1, 0.15) is 0 Å². The van der Waals surface area contributed by atoms with Crippen LogP contribution in [0.25, 0.3) is 0 Å². The number of amides is 2. The Bertz CT molecular complexity index is 745. The van der Waals surface area contributed by atoms with Gasteiger partial charge in [0.05, 0.1) is 11.4 Å². The van der Waals surface area contributed by atoms with Gasteiger partial charge in [0.15, 0.2) is 5.17 Å². The van der Waals surface area contributed by atoms with Crippen LogP contribution in [0.2, 0.25) is 0 Å². The fourth-order valence-corrected chi connectivity index (χ4v) is 3.15. The number of halogens is 1. The zero-order valence-electron chi connectivity index (χ0n) is 11.4. The van der Waals surface area contributed by atoms with Crippen molar-refractivity contribution in [1.82, 2.24) is 0 Å². The molecule has 0 radical (unpaired) electrons. The molecule has 2 aromatic rings. The summed E-state index contributed by atoms with van der Waals surface area (Å²) in [6.45, 7) is 0. The zero-order valence-corrected chi connectivity index (χ0v) is 13.8. The third-order valence-electron chi connectivity index (χ3n) is 3.07. The molecule has 0 spiro atoms. The van der Waals surface area contributed by atoms with Crippen molar-refractivity contribution in [2.75, 3.05) is 10.7 Å². The van der Waals surface area contributed by atoms with Crippen LogP contribution in [0.4, 0.5) is 5.69 Å². The molecule has 0 unspecified atom stereocenters. The average molecular weight is 375 g/mol. The first-order valence-corrected chi connectivity index (χ1v) is 8.32. The summed E-state index contributed by atoms with van der Waals surface area (Å²) < 4.78 is 0.896. The molecule has 1 fully saturated rings. The summed E-state index contributed by atoms with van der Waals surface area (Å²) in [7, 11) is 0. The van der Waals surface area contributed by atoms with Crippen molar-refractivity contribution >= 4 is 50.4 Å². The summed E-state index contributed by atoms with van der Waals surface area (Å²) in [4.78, 5) is 29.9. The van der Waals surface area contributed by atoms with E-state index in [1.54, 1.807) is 24.3 Å². The van der Waals surface area contributed by atoms with E-state index in [0.29, 0.717) is 16.5 Å². The topological polar surface area (TPSA) is 49.7 Å². The van der Waals surface area contributed by atoms with Crippen LogP contribution in [0.15, 0.2) is 64.1 Å². The van der Waals surface area contributed by atoms with E-state index in [1.165, 1.54) is 16.7 Å². The Morgan fingerprint density at radius 3 is 2.45 bits per heavy atom. The van der Waals surface area contributed by atoms with Gasteiger partial charge in [-0.2, -0.15) is 4.99 Å². The smallest absolute Gasteiger partial charge is 0.273 e. The molecule has 1 aliphatic heterocycles. The molecule has 1 aliphatic rings. The van der Waals surface area contributed by atoms with E-state index in [2.05, 4.69) is 20.9 Å². The van der Waals surface area contributed by atoms with Crippen LogP contribution in [0.3, 0.4) is 0 Å². The predicted octanol–water partition coefficient (Wildman–Crippen LogP) is 3.73. The number of carbonyl (C=O) groups excluding carboxylic acids is 2. The van der Waals surface area contributed by atoms with Gasteiger partial charge in [-0.05, 0) is 36.4 Å². The molecular weight excluding hydrogens is 364 g/mol. The van der Waals surface area contributed by atoms with Crippen molar-refractivity contribution in [3.63, 3.8) is 0 Å². The number of nitrogens with zero attached hydrogens (tertiary/aromatic N) is 2. The first-order chi connectivity index (χ1) is 10.6. The first-order valence-electron chi connectivity index (χ1n) is 6.54. The summed E-state index contributed by atoms with van der Waals surface area (Å²) in [5, 5.41) is 0.420. The maximum atomic E-state index is 12.2. The number of carbonyl (C=O) groups is 2. The van der Waals surface area contributed by atoms with Crippen molar-refractivity contribution in [2.45, 2.75) is 0 Å². The maximum absolute atomic E-state index is 12.2. The van der Waals surface area contributed by atoms with Crippen molar-refractivity contribution in [2.24, 2.45) is 4.99 Å². The second-order valence-electron chi connectivity index (χ2n) is 4.56. The molecule has 4 nitrogen and oxygen atoms in total. The van der Waals surface area contributed by atoms with Gasteiger partial charge in [0, 0.05) is 10.0 Å². The summed E-state index contributed by atoms with van der Waals surface area (Å²) >= 11 is 4.60. The van der Waals surface area contributed by atoms with Crippen LogP contribution in [0.5, 0.6) is 0 Å². The second kappa shape index (κ2) is 6.46. The fourth-order valence-electron chi connectivity index (χ4n) is 2.02. The standard InChI is InChI=1S/C16H11BrN2O2S/c17-12-8-6-11(7-9-12)15(21)18-16-19(14(20)10-22-16)13-4-2-1-3-5-13/h1-9H,10H2. The predicted molar refractivity (Wildman–Crippen MR) is 92.3 cm³/mol. The molecule has 22 heavy (non-hydrogen) atoms. The van der Waals surface area contributed by atoms with Gasteiger partial charge in [0.25, 0.3) is 5.91 Å². The molecule has 3 rings (SSSR count).